The van der Waals surface area contributed by atoms with Gasteiger partial charge in [-0.15, -0.1) is 0 Å². The lowest BCUT2D eigenvalue weighted by molar-refractivity contribution is 0.0631. The maximum atomic E-state index is 12.3. The van der Waals surface area contributed by atoms with E-state index in [4.69, 9.17) is 4.42 Å². The van der Waals surface area contributed by atoms with Crippen molar-refractivity contribution < 1.29 is 14.0 Å². The van der Waals surface area contributed by atoms with Gasteiger partial charge in [0.05, 0.1) is 12.5 Å². The van der Waals surface area contributed by atoms with E-state index in [9.17, 15) is 9.59 Å². The predicted molar refractivity (Wildman–Crippen MR) is 85.4 cm³/mol. The lowest BCUT2D eigenvalue weighted by Gasteiger charge is -2.34. The van der Waals surface area contributed by atoms with Gasteiger partial charge >= 0.3 is 0 Å². The summed E-state index contributed by atoms with van der Waals surface area (Å²) in [7, 11) is 0. The molecule has 24 heavy (non-hydrogen) atoms. The lowest BCUT2D eigenvalue weighted by Crippen LogP contribution is -2.50. The number of furan rings is 1. The third-order valence-electron chi connectivity index (χ3n) is 3.90. The molecule has 2 aromatic rings. The van der Waals surface area contributed by atoms with Crippen LogP contribution < -0.4 is 5.32 Å². The fourth-order valence-electron chi connectivity index (χ4n) is 2.57. The van der Waals surface area contributed by atoms with Gasteiger partial charge in [-0.25, -0.2) is 4.98 Å². The quantitative estimate of drug-likeness (QED) is 0.846. The van der Waals surface area contributed by atoms with Gasteiger partial charge < -0.3 is 14.6 Å². The molecular weight excluding hydrogens is 310 g/mol. The molecule has 1 fully saturated rings. The summed E-state index contributed by atoms with van der Waals surface area (Å²) in [6.45, 7) is 4.09. The minimum absolute atomic E-state index is 0.0890. The molecule has 0 bridgehead atoms. The number of piperazine rings is 1. The molecule has 0 spiro atoms. The molecule has 8 nitrogen and oxygen atoms in total. The molecule has 3 heterocycles. The van der Waals surface area contributed by atoms with Crippen molar-refractivity contribution in [1.82, 2.24) is 25.1 Å². The van der Waals surface area contributed by atoms with Crippen LogP contribution in [-0.4, -0.2) is 70.9 Å². The molecule has 1 N–H and O–H groups in total. The van der Waals surface area contributed by atoms with E-state index in [1.54, 1.807) is 23.2 Å². The van der Waals surface area contributed by atoms with Gasteiger partial charge in [0.25, 0.3) is 11.8 Å². The highest BCUT2D eigenvalue weighted by Gasteiger charge is 2.22. The molecule has 3 rings (SSSR count). The molecule has 8 heteroatoms. The minimum Gasteiger partial charge on any atom is -0.459 e. The van der Waals surface area contributed by atoms with E-state index >= 15 is 0 Å². The summed E-state index contributed by atoms with van der Waals surface area (Å²) >= 11 is 0. The topological polar surface area (TPSA) is 91.6 Å². The highest BCUT2D eigenvalue weighted by molar-refractivity contribution is 5.92. The van der Waals surface area contributed by atoms with Crippen molar-refractivity contribution in [3.05, 3.63) is 48.4 Å². The SMILES string of the molecule is O=C(NCCN1CCN(C(=O)c2cnccn2)CC1)c1ccco1. The number of aromatic nitrogens is 2. The number of nitrogens with zero attached hydrogens (tertiary/aromatic N) is 4. The fraction of sp³-hybridized carbons (Fsp3) is 0.375. The van der Waals surface area contributed by atoms with Crippen molar-refractivity contribution in [3.63, 3.8) is 0 Å². The Hall–Kier alpha value is -2.74. The van der Waals surface area contributed by atoms with Crippen LogP contribution in [0.1, 0.15) is 21.0 Å². The van der Waals surface area contributed by atoms with Crippen LogP contribution in [0.3, 0.4) is 0 Å². The van der Waals surface area contributed by atoms with E-state index in [2.05, 4.69) is 20.2 Å². The number of hydrogen-bond acceptors (Lipinski definition) is 6. The molecular formula is C16H19N5O3. The van der Waals surface area contributed by atoms with Crippen molar-refractivity contribution in [2.24, 2.45) is 0 Å². The summed E-state index contributed by atoms with van der Waals surface area (Å²) in [6, 6.07) is 3.31. The number of carbonyl (C=O) groups is 2. The van der Waals surface area contributed by atoms with Crippen LogP contribution in [0, 0.1) is 0 Å². The molecule has 0 aromatic carbocycles. The van der Waals surface area contributed by atoms with Gasteiger partial charge in [0.1, 0.15) is 5.69 Å². The van der Waals surface area contributed by atoms with Crippen molar-refractivity contribution >= 4 is 11.8 Å². The van der Waals surface area contributed by atoms with Crippen LogP contribution in [0.5, 0.6) is 0 Å². The maximum Gasteiger partial charge on any atom is 0.287 e. The van der Waals surface area contributed by atoms with Gasteiger partial charge in [0.2, 0.25) is 0 Å². The molecule has 0 unspecified atom stereocenters. The summed E-state index contributed by atoms with van der Waals surface area (Å²) in [4.78, 5) is 36.0. The third kappa shape index (κ3) is 3.96. The molecule has 0 atom stereocenters. The zero-order valence-corrected chi connectivity index (χ0v) is 13.2. The van der Waals surface area contributed by atoms with Crippen LogP contribution in [0.15, 0.2) is 41.4 Å². The Balaban J connectivity index is 1.39. The number of carbonyl (C=O) groups excluding carboxylic acids is 2. The monoisotopic (exact) mass is 329 g/mol. The van der Waals surface area contributed by atoms with E-state index in [0.29, 0.717) is 31.1 Å². The highest BCUT2D eigenvalue weighted by Crippen LogP contribution is 2.06. The maximum absolute atomic E-state index is 12.3. The first-order valence-corrected chi connectivity index (χ1v) is 7.83. The Bertz CT molecular complexity index is 666. The normalized spacial score (nSPS) is 15.2. The van der Waals surface area contributed by atoms with Crippen LogP contribution in [0.25, 0.3) is 0 Å². The predicted octanol–water partition coefficient (Wildman–Crippen LogP) is 0.257. The number of rotatable bonds is 5. The molecule has 2 aromatic heterocycles. The second kappa shape index (κ2) is 7.69. The first kappa shape index (κ1) is 16.1. The van der Waals surface area contributed by atoms with Gasteiger partial charge in [-0.05, 0) is 12.1 Å². The molecule has 0 aliphatic carbocycles. The molecule has 126 valence electrons. The Kier molecular flexibility index (Phi) is 5.17. The third-order valence-corrected chi connectivity index (χ3v) is 3.90. The Morgan fingerprint density at radius 1 is 1.21 bits per heavy atom. The molecule has 2 amide bonds. The van der Waals surface area contributed by atoms with Gasteiger partial charge in [0.15, 0.2) is 5.76 Å². The molecule has 0 saturated carbocycles. The second-order valence-corrected chi connectivity index (χ2v) is 5.46. The number of nitrogens with one attached hydrogen (secondary N) is 1. The van der Waals surface area contributed by atoms with Crippen LogP contribution in [-0.2, 0) is 0 Å². The van der Waals surface area contributed by atoms with Crippen molar-refractivity contribution in [3.8, 4) is 0 Å². The van der Waals surface area contributed by atoms with E-state index in [-0.39, 0.29) is 11.8 Å². The first-order valence-electron chi connectivity index (χ1n) is 7.83. The Labute approximate surface area is 139 Å². The standard InChI is InChI=1S/C16H19N5O3/c22-15(14-2-1-11-24-14)19-5-6-20-7-9-21(10-8-20)16(23)13-12-17-3-4-18-13/h1-4,11-12H,5-10H2,(H,19,22). The summed E-state index contributed by atoms with van der Waals surface area (Å²) in [5, 5.41) is 2.82. The Morgan fingerprint density at radius 2 is 2.04 bits per heavy atom. The van der Waals surface area contributed by atoms with Gasteiger partial charge in [-0.1, -0.05) is 0 Å². The highest BCUT2D eigenvalue weighted by atomic mass is 16.3. The second-order valence-electron chi connectivity index (χ2n) is 5.46. The van der Waals surface area contributed by atoms with Gasteiger partial charge in [-0.2, -0.15) is 0 Å². The number of amides is 2. The zero-order valence-electron chi connectivity index (χ0n) is 13.2. The lowest BCUT2D eigenvalue weighted by atomic mass is 10.2. The largest absolute Gasteiger partial charge is 0.459 e. The van der Waals surface area contributed by atoms with Gasteiger partial charge in [-0.3, -0.25) is 19.5 Å². The number of hydrogen-bond donors (Lipinski definition) is 1. The van der Waals surface area contributed by atoms with E-state index in [1.807, 2.05) is 0 Å². The molecule has 1 aliphatic heterocycles. The molecule has 0 radical (unpaired) electrons. The average molecular weight is 329 g/mol. The minimum atomic E-state index is -0.212. The van der Waals surface area contributed by atoms with Crippen molar-refractivity contribution in [2.75, 3.05) is 39.3 Å². The molecule has 1 aliphatic rings. The van der Waals surface area contributed by atoms with Crippen LogP contribution in [0.2, 0.25) is 0 Å². The van der Waals surface area contributed by atoms with Crippen LogP contribution >= 0.6 is 0 Å². The van der Waals surface area contributed by atoms with E-state index in [1.165, 1.54) is 18.7 Å². The van der Waals surface area contributed by atoms with Crippen LogP contribution in [0.4, 0.5) is 0 Å². The zero-order chi connectivity index (χ0) is 16.8. The van der Waals surface area contributed by atoms with E-state index in [0.717, 1.165) is 19.6 Å². The van der Waals surface area contributed by atoms with Crippen molar-refractivity contribution in [1.29, 1.82) is 0 Å². The average Bonchev–Trinajstić information content (AvgIpc) is 3.17. The summed E-state index contributed by atoms with van der Waals surface area (Å²) in [6.07, 6.45) is 6.03. The molecule has 1 saturated heterocycles. The smallest absolute Gasteiger partial charge is 0.287 e. The van der Waals surface area contributed by atoms with Gasteiger partial charge in [0, 0.05) is 51.7 Å². The first-order chi connectivity index (χ1) is 11.7. The summed E-state index contributed by atoms with van der Waals surface area (Å²) in [5.41, 5.74) is 0.372. The summed E-state index contributed by atoms with van der Waals surface area (Å²) < 4.78 is 5.04. The summed E-state index contributed by atoms with van der Waals surface area (Å²) in [5.74, 6) is 0.0136. The van der Waals surface area contributed by atoms with Crippen molar-refractivity contribution in [2.45, 2.75) is 0 Å². The van der Waals surface area contributed by atoms with E-state index < -0.39 is 0 Å². The fourth-order valence-corrected chi connectivity index (χ4v) is 2.57. The Morgan fingerprint density at radius 3 is 2.71 bits per heavy atom.